The smallest absolute Gasteiger partial charge is 0.253 e. The molecule has 164 valence electrons. The Morgan fingerprint density at radius 2 is 1.84 bits per heavy atom. The van der Waals surface area contributed by atoms with E-state index >= 15 is 0 Å². The van der Waals surface area contributed by atoms with E-state index in [4.69, 9.17) is 9.47 Å². The molecule has 1 aliphatic rings. The molecule has 0 aliphatic carbocycles. The standard InChI is InChI=1S/C23H27N3O5/c1-25(2)23(29)16-7-5-6-15(10-16)13-24-22(28)17-11-21(27)26(14-17)18-8-9-19(30-3)20(12-18)31-4/h5-10,12,17H,11,13-14H2,1-4H3,(H,24,28). The largest absolute Gasteiger partial charge is 0.493 e. The number of carbonyl (C=O) groups is 3. The molecule has 0 radical (unpaired) electrons. The Balaban J connectivity index is 1.63. The summed E-state index contributed by atoms with van der Waals surface area (Å²) in [6, 6.07) is 12.4. The summed E-state index contributed by atoms with van der Waals surface area (Å²) in [5.41, 5.74) is 2.04. The van der Waals surface area contributed by atoms with Crippen molar-refractivity contribution in [2.24, 2.45) is 5.92 Å². The molecule has 1 unspecified atom stereocenters. The molecule has 1 N–H and O–H groups in total. The number of hydrogen-bond acceptors (Lipinski definition) is 5. The highest BCUT2D eigenvalue weighted by atomic mass is 16.5. The average molecular weight is 425 g/mol. The number of amides is 3. The summed E-state index contributed by atoms with van der Waals surface area (Å²) in [5.74, 6) is 0.231. The fourth-order valence-electron chi connectivity index (χ4n) is 3.53. The number of ether oxygens (including phenoxy) is 2. The molecule has 0 bridgehead atoms. The van der Waals surface area contributed by atoms with Crippen molar-refractivity contribution in [3.05, 3.63) is 53.6 Å². The van der Waals surface area contributed by atoms with E-state index in [0.717, 1.165) is 5.56 Å². The minimum atomic E-state index is -0.452. The van der Waals surface area contributed by atoms with Gasteiger partial charge in [-0.05, 0) is 29.8 Å². The molecule has 3 rings (SSSR count). The third-order valence-electron chi connectivity index (χ3n) is 5.22. The fraction of sp³-hybridized carbons (Fsp3) is 0.348. The lowest BCUT2D eigenvalue weighted by Crippen LogP contribution is -2.32. The Morgan fingerprint density at radius 3 is 2.52 bits per heavy atom. The van der Waals surface area contributed by atoms with E-state index in [1.165, 1.54) is 12.0 Å². The molecular formula is C23H27N3O5. The van der Waals surface area contributed by atoms with Crippen molar-refractivity contribution in [1.29, 1.82) is 0 Å². The van der Waals surface area contributed by atoms with Crippen LogP contribution in [-0.2, 0) is 16.1 Å². The van der Waals surface area contributed by atoms with Crippen LogP contribution in [0.2, 0.25) is 0 Å². The Labute approximate surface area is 181 Å². The second-order valence-corrected chi connectivity index (χ2v) is 7.56. The van der Waals surface area contributed by atoms with Crippen molar-refractivity contribution in [1.82, 2.24) is 10.2 Å². The lowest BCUT2D eigenvalue weighted by molar-refractivity contribution is -0.126. The van der Waals surface area contributed by atoms with Crippen LogP contribution in [0.4, 0.5) is 5.69 Å². The van der Waals surface area contributed by atoms with Gasteiger partial charge in [0.05, 0.1) is 20.1 Å². The van der Waals surface area contributed by atoms with Gasteiger partial charge in [-0.15, -0.1) is 0 Å². The van der Waals surface area contributed by atoms with E-state index in [-0.39, 0.29) is 30.7 Å². The van der Waals surface area contributed by atoms with Crippen molar-refractivity contribution in [3.8, 4) is 11.5 Å². The Kier molecular flexibility index (Phi) is 6.79. The maximum atomic E-state index is 12.7. The Bertz CT molecular complexity index is 989. The van der Waals surface area contributed by atoms with Crippen molar-refractivity contribution >= 4 is 23.4 Å². The molecular weight excluding hydrogens is 398 g/mol. The van der Waals surface area contributed by atoms with E-state index in [0.29, 0.717) is 29.3 Å². The highest BCUT2D eigenvalue weighted by Crippen LogP contribution is 2.34. The average Bonchev–Trinajstić information content (AvgIpc) is 3.18. The molecule has 8 nitrogen and oxygen atoms in total. The van der Waals surface area contributed by atoms with Crippen LogP contribution in [0.15, 0.2) is 42.5 Å². The van der Waals surface area contributed by atoms with E-state index in [9.17, 15) is 14.4 Å². The van der Waals surface area contributed by atoms with Crippen LogP contribution in [0, 0.1) is 5.92 Å². The number of anilines is 1. The molecule has 0 spiro atoms. The monoisotopic (exact) mass is 425 g/mol. The van der Waals surface area contributed by atoms with E-state index < -0.39 is 5.92 Å². The van der Waals surface area contributed by atoms with Gasteiger partial charge in [-0.3, -0.25) is 14.4 Å². The van der Waals surface area contributed by atoms with Gasteiger partial charge >= 0.3 is 0 Å². The number of nitrogens with zero attached hydrogens (tertiary/aromatic N) is 2. The predicted octanol–water partition coefficient (Wildman–Crippen LogP) is 2.07. The summed E-state index contributed by atoms with van der Waals surface area (Å²) in [5, 5.41) is 2.88. The van der Waals surface area contributed by atoms with Gasteiger partial charge in [0, 0.05) is 50.9 Å². The summed E-state index contributed by atoms with van der Waals surface area (Å²) in [6.07, 6.45) is 0.138. The minimum absolute atomic E-state index is 0.0971. The molecule has 2 aromatic rings. The van der Waals surface area contributed by atoms with Crippen molar-refractivity contribution < 1.29 is 23.9 Å². The first-order valence-corrected chi connectivity index (χ1v) is 9.94. The molecule has 1 heterocycles. The number of methoxy groups -OCH3 is 2. The third kappa shape index (κ3) is 4.96. The Hall–Kier alpha value is -3.55. The fourth-order valence-corrected chi connectivity index (χ4v) is 3.53. The molecule has 1 fully saturated rings. The molecule has 1 atom stereocenters. The van der Waals surface area contributed by atoms with E-state index in [1.807, 2.05) is 6.07 Å². The second-order valence-electron chi connectivity index (χ2n) is 7.56. The number of nitrogens with one attached hydrogen (secondary N) is 1. The summed E-state index contributed by atoms with van der Waals surface area (Å²) >= 11 is 0. The molecule has 2 aromatic carbocycles. The van der Waals surface area contributed by atoms with Gasteiger partial charge in [0.15, 0.2) is 11.5 Å². The first-order valence-electron chi connectivity index (χ1n) is 9.94. The summed E-state index contributed by atoms with van der Waals surface area (Å²) in [4.78, 5) is 40.4. The van der Waals surface area contributed by atoms with E-state index in [1.54, 1.807) is 62.5 Å². The molecule has 0 aromatic heterocycles. The zero-order valence-corrected chi connectivity index (χ0v) is 18.2. The minimum Gasteiger partial charge on any atom is -0.493 e. The molecule has 0 saturated carbocycles. The normalized spacial score (nSPS) is 15.5. The van der Waals surface area contributed by atoms with Crippen LogP contribution in [0.3, 0.4) is 0 Å². The maximum absolute atomic E-state index is 12.7. The Morgan fingerprint density at radius 1 is 1.10 bits per heavy atom. The highest BCUT2D eigenvalue weighted by Gasteiger charge is 2.35. The molecule has 8 heteroatoms. The van der Waals surface area contributed by atoms with Crippen molar-refractivity contribution in [2.75, 3.05) is 39.8 Å². The lowest BCUT2D eigenvalue weighted by atomic mass is 10.1. The van der Waals surface area contributed by atoms with Crippen LogP contribution in [0.25, 0.3) is 0 Å². The maximum Gasteiger partial charge on any atom is 0.253 e. The number of rotatable bonds is 7. The number of carbonyl (C=O) groups excluding carboxylic acids is 3. The number of benzene rings is 2. The van der Waals surface area contributed by atoms with Gasteiger partial charge in [-0.25, -0.2) is 0 Å². The zero-order chi connectivity index (χ0) is 22.5. The SMILES string of the molecule is COc1ccc(N2CC(C(=O)NCc3cccc(C(=O)N(C)C)c3)CC2=O)cc1OC. The van der Waals surface area contributed by atoms with E-state index in [2.05, 4.69) is 5.32 Å². The van der Waals surface area contributed by atoms with Crippen LogP contribution >= 0.6 is 0 Å². The number of hydrogen-bond donors (Lipinski definition) is 1. The van der Waals surface area contributed by atoms with Gasteiger partial charge in [0.25, 0.3) is 5.91 Å². The van der Waals surface area contributed by atoms with Crippen LogP contribution < -0.4 is 19.7 Å². The highest BCUT2D eigenvalue weighted by molar-refractivity contribution is 6.00. The molecule has 3 amide bonds. The molecule has 1 aliphatic heterocycles. The predicted molar refractivity (Wildman–Crippen MR) is 116 cm³/mol. The van der Waals surface area contributed by atoms with Gasteiger partial charge in [-0.2, -0.15) is 0 Å². The lowest BCUT2D eigenvalue weighted by Gasteiger charge is -2.18. The zero-order valence-electron chi connectivity index (χ0n) is 18.2. The van der Waals surface area contributed by atoms with Crippen molar-refractivity contribution in [3.63, 3.8) is 0 Å². The van der Waals surface area contributed by atoms with Gasteiger partial charge in [0.1, 0.15) is 0 Å². The first-order chi connectivity index (χ1) is 14.8. The van der Waals surface area contributed by atoms with Gasteiger partial charge in [0.2, 0.25) is 11.8 Å². The third-order valence-corrected chi connectivity index (χ3v) is 5.22. The van der Waals surface area contributed by atoms with Gasteiger partial charge in [-0.1, -0.05) is 12.1 Å². The summed E-state index contributed by atoms with van der Waals surface area (Å²) < 4.78 is 10.5. The summed E-state index contributed by atoms with van der Waals surface area (Å²) in [6.45, 7) is 0.577. The quantitative estimate of drug-likeness (QED) is 0.734. The molecule has 1 saturated heterocycles. The topological polar surface area (TPSA) is 88.2 Å². The second kappa shape index (κ2) is 9.51. The van der Waals surface area contributed by atoms with Gasteiger partial charge < -0.3 is 24.6 Å². The first kappa shape index (κ1) is 22.1. The molecule has 31 heavy (non-hydrogen) atoms. The van der Waals surface area contributed by atoms with Crippen LogP contribution in [0.5, 0.6) is 11.5 Å². The van der Waals surface area contributed by atoms with Crippen LogP contribution in [0.1, 0.15) is 22.3 Å². The van der Waals surface area contributed by atoms with Crippen molar-refractivity contribution in [2.45, 2.75) is 13.0 Å². The summed E-state index contributed by atoms with van der Waals surface area (Å²) in [7, 11) is 6.46. The van der Waals surface area contributed by atoms with Crippen LogP contribution in [-0.4, -0.2) is 57.5 Å².